The van der Waals surface area contributed by atoms with Gasteiger partial charge in [0.2, 0.25) is 0 Å². The van der Waals surface area contributed by atoms with Crippen LogP contribution in [0.5, 0.6) is 0 Å². The van der Waals surface area contributed by atoms with Crippen LogP contribution in [0.3, 0.4) is 0 Å². The van der Waals surface area contributed by atoms with Crippen LogP contribution < -0.4 is 0 Å². The predicted molar refractivity (Wildman–Crippen MR) is 142 cm³/mol. The van der Waals surface area contributed by atoms with E-state index in [4.69, 9.17) is 19.4 Å². The third-order valence-corrected chi connectivity index (χ3v) is 6.28. The lowest BCUT2D eigenvalue weighted by atomic mass is 9.78. The predicted octanol–water partition coefficient (Wildman–Crippen LogP) is 6.18. The van der Waals surface area contributed by atoms with Crippen molar-refractivity contribution in [1.82, 2.24) is 15.0 Å². The zero-order chi connectivity index (χ0) is 26.5. The molecule has 2 unspecified atom stereocenters. The minimum Gasteiger partial charge on any atom is -0.462 e. The Morgan fingerprint density at radius 2 is 1.49 bits per heavy atom. The Morgan fingerprint density at radius 1 is 0.838 bits per heavy atom. The van der Waals surface area contributed by atoms with Gasteiger partial charge in [-0.05, 0) is 69.5 Å². The molecule has 0 aliphatic heterocycles. The largest absolute Gasteiger partial charge is 0.462 e. The molecule has 0 N–H and O–H groups in total. The Morgan fingerprint density at radius 3 is 2.11 bits per heavy atom. The lowest BCUT2D eigenvalue weighted by Gasteiger charge is -2.27. The van der Waals surface area contributed by atoms with Gasteiger partial charge in [0.05, 0.1) is 47.1 Å². The first-order valence-electron chi connectivity index (χ1n) is 12.5. The summed E-state index contributed by atoms with van der Waals surface area (Å²) in [5.74, 6) is -0.289. The van der Waals surface area contributed by atoms with Gasteiger partial charge in [0.25, 0.3) is 0 Å². The zero-order valence-electron chi connectivity index (χ0n) is 21.8. The number of hydrogen-bond donors (Lipinski definition) is 0. The van der Waals surface area contributed by atoms with Crippen LogP contribution in [0.15, 0.2) is 72.1 Å². The number of esters is 2. The van der Waals surface area contributed by atoms with Crippen molar-refractivity contribution in [3.05, 3.63) is 88.8 Å². The van der Waals surface area contributed by atoms with Crippen LogP contribution in [0.2, 0.25) is 0 Å². The molecule has 0 aromatic carbocycles. The van der Waals surface area contributed by atoms with Crippen LogP contribution in [-0.4, -0.2) is 40.1 Å². The monoisotopic (exact) mass is 497 g/mol. The molecule has 0 fully saturated rings. The number of hydrogen-bond acceptors (Lipinski definition) is 7. The fourth-order valence-corrected chi connectivity index (χ4v) is 4.77. The maximum Gasteiger partial charge on any atom is 0.338 e. The second-order valence-corrected chi connectivity index (χ2v) is 9.11. The summed E-state index contributed by atoms with van der Waals surface area (Å²) in [6.45, 7) is 10.5. The smallest absolute Gasteiger partial charge is 0.338 e. The first-order valence-corrected chi connectivity index (χ1v) is 12.5. The molecular weight excluding hydrogens is 466 g/mol. The fourth-order valence-electron chi connectivity index (χ4n) is 4.77. The number of aromatic nitrogens is 3. The minimum atomic E-state index is -0.468. The summed E-state index contributed by atoms with van der Waals surface area (Å²) in [4.78, 5) is 38.7. The van der Waals surface area contributed by atoms with Crippen molar-refractivity contribution in [3.63, 3.8) is 0 Å². The molecular formula is C30H31N3O4. The summed E-state index contributed by atoms with van der Waals surface area (Å²) in [5.41, 5.74) is 6.39. The van der Waals surface area contributed by atoms with Gasteiger partial charge in [-0.25, -0.2) is 14.6 Å². The van der Waals surface area contributed by atoms with Gasteiger partial charge >= 0.3 is 11.9 Å². The molecule has 4 rings (SSSR count). The number of ether oxygens (including phenoxy) is 2. The highest BCUT2D eigenvalue weighted by molar-refractivity contribution is 5.93. The third kappa shape index (κ3) is 5.82. The van der Waals surface area contributed by atoms with E-state index in [0.29, 0.717) is 39.8 Å². The number of pyridine rings is 3. The van der Waals surface area contributed by atoms with Gasteiger partial charge in [-0.15, -0.1) is 0 Å². The van der Waals surface area contributed by atoms with Crippen LogP contribution >= 0.6 is 0 Å². The Bertz CT molecular complexity index is 1380. The lowest BCUT2D eigenvalue weighted by Crippen LogP contribution is -2.13. The van der Waals surface area contributed by atoms with E-state index >= 15 is 0 Å². The molecule has 37 heavy (non-hydrogen) atoms. The molecule has 3 heterocycles. The Hall–Kier alpha value is -4.13. The van der Waals surface area contributed by atoms with Crippen LogP contribution in [0.25, 0.3) is 22.8 Å². The molecule has 0 saturated heterocycles. The molecule has 0 radical (unpaired) electrons. The molecule has 7 nitrogen and oxygen atoms in total. The first-order chi connectivity index (χ1) is 17.8. The molecule has 190 valence electrons. The van der Waals surface area contributed by atoms with Gasteiger partial charge in [-0.3, -0.25) is 9.97 Å². The van der Waals surface area contributed by atoms with E-state index in [1.165, 1.54) is 17.3 Å². The van der Waals surface area contributed by atoms with Gasteiger partial charge in [0.1, 0.15) is 0 Å². The topological polar surface area (TPSA) is 91.3 Å². The fraction of sp³-hybridized carbons (Fsp3) is 0.300. The van der Waals surface area contributed by atoms with Gasteiger partial charge in [0, 0.05) is 18.3 Å². The van der Waals surface area contributed by atoms with Crippen molar-refractivity contribution in [2.24, 2.45) is 5.92 Å². The van der Waals surface area contributed by atoms with Crippen molar-refractivity contribution in [3.8, 4) is 22.8 Å². The van der Waals surface area contributed by atoms with Gasteiger partial charge < -0.3 is 9.47 Å². The molecule has 2 atom stereocenters. The zero-order valence-corrected chi connectivity index (χ0v) is 21.8. The minimum absolute atomic E-state index is 0.246. The van der Waals surface area contributed by atoms with Gasteiger partial charge in [-0.2, -0.15) is 0 Å². The Balaban J connectivity index is 1.73. The maximum atomic E-state index is 12.7. The van der Waals surface area contributed by atoms with E-state index in [-0.39, 0.29) is 19.1 Å². The molecule has 1 aliphatic rings. The van der Waals surface area contributed by atoms with Crippen molar-refractivity contribution in [2.45, 2.75) is 40.5 Å². The molecule has 0 bridgehead atoms. The molecule has 7 heteroatoms. The normalized spacial score (nSPS) is 17.0. The average molecular weight is 498 g/mol. The van der Waals surface area contributed by atoms with Crippen molar-refractivity contribution in [1.29, 1.82) is 0 Å². The number of rotatable bonds is 7. The summed E-state index contributed by atoms with van der Waals surface area (Å²) in [6, 6.07) is 10.4. The number of nitrogens with zero attached hydrogens (tertiary/aromatic N) is 3. The quantitative estimate of drug-likeness (QED) is 0.360. The van der Waals surface area contributed by atoms with Crippen LogP contribution in [0.1, 0.15) is 66.8 Å². The molecule has 0 spiro atoms. The van der Waals surface area contributed by atoms with Crippen molar-refractivity contribution in [2.75, 3.05) is 13.2 Å². The van der Waals surface area contributed by atoms with E-state index in [2.05, 4.69) is 44.0 Å². The van der Waals surface area contributed by atoms with Gasteiger partial charge in [0.15, 0.2) is 0 Å². The molecule has 0 saturated carbocycles. The number of carbonyl (C=O) groups is 2. The van der Waals surface area contributed by atoms with Crippen LogP contribution in [0, 0.1) is 5.92 Å². The summed E-state index contributed by atoms with van der Waals surface area (Å²) in [7, 11) is 0. The highest BCUT2D eigenvalue weighted by Crippen LogP contribution is 2.37. The van der Waals surface area contributed by atoms with E-state index in [9.17, 15) is 9.59 Å². The molecule has 0 amide bonds. The van der Waals surface area contributed by atoms with E-state index < -0.39 is 11.9 Å². The van der Waals surface area contributed by atoms with Crippen molar-refractivity contribution >= 4 is 11.9 Å². The standard InChI is InChI=1S/C30H31N3O4/c1-6-36-29(34)21-10-11-31-25(14-21)27-16-23(30(35)37-7-2)15-26(33-27)24-9-8-22(17-32-24)28-19(4)12-18(3)13-20(28)5/h8-17,19,28H,6-7H2,1-5H3. The van der Waals surface area contributed by atoms with Crippen LogP contribution in [-0.2, 0) is 9.47 Å². The highest BCUT2D eigenvalue weighted by atomic mass is 16.5. The van der Waals surface area contributed by atoms with E-state index in [0.717, 1.165) is 5.56 Å². The SMILES string of the molecule is CCOC(=O)c1ccnc(-c2cc(C(=O)OCC)cc(-c3ccc(C4C(C)=CC(C)=CC4C)cn3)n2)c1. The Labute approximate surface area is 217 Å². The molecule has 1 aliphatic carbocycles. The summed E-state index contributed by atoms with van der Waals surface area (Å²) in [5, 5.41) is 0. The van der Waals surface area contributed by atoms with Crippen molar-refractivity contribution < 1.29 is 19.1 Å². The van der Waals surface area contributed by atoms with Gasteiger partial charge in [-0.1, -0.05) is 36.3 Å². The maximum absolute atomic E-state index is 12.7. The second kappa shape index (κ2) is 11.3. The Kier molecular flexibility index (Phi) is 7.92. The summed E-state index contributed by atoms with van der Waals surface area (Å²) < 4.78 is 10.4. The number of carbonyl (C=O) groups excluding carboxylic acids is 2. The van der Waals surface area contributed by atoms with E-state index in [1.54, 1.807) is 38.1 Å². The summed E-state index contributed by atoms with van der Waals surface area (Å²) in [6.07, 6.45) is 7.89. The molecule has 3 aromatic heterocycles. The molecule has 3 aromatic rings. The lowest BCUT2D eigenvalue weighted by molar-refractivity contribution is 0.0516. The van der Waals surface area contributed by atoms with E-state index in [1.807, 2.05) is 12.3 Å². The average Bonchev–Trinajstić information content (AvgIpc) is 2.88. The van der Waals surface area contributed by atoms with Crippen LogP contribution in [0.4, 0.5) is 0 Å². The summed E-state index contributed by atoms with van der Waals surface area (Å²) >= 11 is 0. The highest BCUT2D eigenvalue weighted by Gasteiger charge is 2.23. The first kappa shape index (κ1) is 25.9. The number of allylic oxidation sites excluding steroid dienone is 4. The second-order valence-electron chi connectivity index (χ2n) is 9.11. The third-order valence-electron chi connectivity index (χ3n) is 6.28.